The van der Waals surface area contributed by atoms with E-state index in [0.717, 1.165) is 18.8 Å². The van der Waals surface area contributed by atoms with E-state index in [1.54, 1.807) is 0 Å². The van der Waals surface area contributed by atoms with Crippen molar-refractivity contribution in [2.24, 2.45) is 12.9 Å². The van der Waals surface area contributed by atoms with Crippen LogP contribution in [0.15, 0.2) is 12.4 Å². The Kier molecular flexibility index (Phi) is 4.45. The van der Waals surface area contributed by atoms with Gasteiger partial charge in [-0.05, 0) is 12.8 Å². The van der Waals surface area contributed by atoms with Crippen LogP contribution in [0.4, 0.5) is 0 Å². The van der Waals surface area contributed by atoms with E-state index in [4.69, 9.17) is 5.84 Å². The Hall–Kier alpha value is -0.920. The number of imidazole rings is 1. The summed E-state index contributed by atoms with van der Waals surface area (Å²) in [5, 5.41) is 0. The molecule has 3 N–H and O–H groups in total. The van der Waals surface area contributed by atoms with Gasteiger partial charge in [-0.15, -0.1) is 0 Å². The number of nitrogens with zero attached hydrogens (tertiary/aromatic N) is 2. The number of hydrogen-bond acceptors (Lipinski definition) is 3. The van der Waals surface area contributed by atoms with Crippen molar-refractivity contribution < 1.29 is 13.0 Å². The van der Waals surface area contributed by atoms with Crippen molar-refractivity contribution in [1.29, 1.82) is 0 Å². The average Bonchev–Trinajstić information content (AvgIpc) is 2.56. The first-order chi connectivity index (χ1) is 7.46. The van der Waals surface area contributed by atoms with Crippen LogP contribution >= 0.6 is 0 Å². The van der Waals surface area contributed by atoms with Crippen molar-refractivity contribution in [3.05, 3.63) is 18.2 Å². The van der Waals surface area contributed by atoms with E-state index in [1.165, 1.54) is 0 Å². The first-order valence-corrected chi connectivity index (χ1v) is 6.83. The van der Waals surface area contributed by atoms with Crippen LogP contribution in [-0.4, -0.2) is 18.7 Å². The van der Waals surface area contributed by atoms with Crippen molar-refractivity contribution in [1.82, 2.24) is 9.40 Å². The molecule has 0 aliphatic carbocycles. The van der Waals surface area contributed by atoms with Gasteiger partial charge in [0.05, 0.1) is 19.3 Å². The van der Waals surface area contributed by atoms with Crippen molar-refractivity contribution in [2.45, 2.75) is 26.3 Å². The van der Waals surface area contributed by atoms with Gasteiger partial charge in [0.2, 0.25) is 10.0 Å². The minimum absolute atomic E-state index is 0.0793. The summed E-state index contributed by atoms with van der Waals surface area (Å²) in [7, 11) is -1.28. The largest absolute Gasteiger partial charge is 0.258 e. The van der Waals surface area contributed by atoms with Gasteiger partial charge in [-0.1, -0.05) is 0 Å². The minimum atomic E-state index is -3.27. The summed E-state index contributed by atoms with van der Waals surface area (Å²) in [6, 6.07) is 0. The zero-order chi connectivity index (χ0) is 12.2. The molecular formula is C9H19N4O2S+. The van der Waals surface area contributed by atoms with Crippen LogP contribution in [0.25, 0.3) is 0 Å². The standard InChI is InChI=1S/C9H19N4O2S/c1-9-12(2)6-7-13(9)5-3-4-8-16(14,15)11-10/h6-7,11H,3-5,8,10H2,1-2H3/q+1. The molecule has 1 heterocycles. The summed E-state index contributed by atoms with van der Waals surface area (Å²) in [4.78, 5) is 1.82. The molecule has 0 saturated heterocycles. The molecule has 1 rings (SSSR count). The third-order valence-corrected chi connectivity index (χ3v) is 3.82. The Morgan fingerprint density at radius 2 is 2.19 bits per heavy atom. The number of aromatic nitrogens is 2. The van der Waals surface area contributed by atoms with E-state index in [0.29, 0.717) is 6.42 Å². The number of rotatable bonds is 6. The molecule has 16 heavy (non-hydrogen) atoms. The fourth-order valence-corrected chi connectivity index (χ4v) is 2.17. The number of unbranched alkanes of at least 4 members (excludes halogenated alkanes) is 1. The van der Waals surface area contributed by atoms with Crippen molar-refractivity contribution >= 4 is 10.0 Å². The molecular weight excluding hydrogens is 228 g/mol. The molecule has 0 amide bonds. The molecule has 1 aromatic rings. The highest BCUT2D eigenvalue weighted by molar-refractivity contribution is 7.89. The van der Waals surface area contributed by atoms with Gasteiger partial charge in [-0.25, -0.2) is 17.6 Å². The third kappa shape index (κ3) is 3.58. The van der Waals surface area contributed by atoms with Gasteiger partial charge in [-0.3, -0.25) is 5.84 Å². The number of nitrogens with one attached hydrogen (secondary N) is 1. The van der Waals surface area contributed by atoms with Gasteiger partial charge >= 0.3 is 0 Å². The topological polar surface area (TPSA) is 81.0 Å². The maximum atomic E-state index is 11.0. The molecule has 7 heteroatoms. The SMILES string of the molecule is Cc1n(CCCCS(=O)(=O)NN)cc[n+]1C. The van der Waals surface area contributed by atoms with Crippen LogP contribution in [0.5, 0.6) is 0 Å². The fourth-order valence-electron chi connectivity index (χ4n) is 1.47. The molecule has 6 nitrogen and oxygen atoms in total. The van der Waals surface area contributed by atoms with Crippen molar-refractivity contribution in [2.75, 3.05) is 5.75 Å². The monoisotopic (exact) mass is 247 g/mol. The molecule has 0 aliphatic rings. The maximum Gasteiger partial charge on any atom is 0.253 e. The van der Waals surface area contributed by atoms with E-state index < -0.39 is 10.0 Å². The highest BCUT2D eigenvalue weighted by Gasteiger charge is 2.10. The molecule has 0 fully saturated rings. The lowest BCUT2D eigenvalue weighted by molar-refractivity contribution is -0.677. The van der Waals surface area contributed by atoms with Crippen LogP contribution in [0, 0.1) is 6.92 Å². The van der Waals surface area contributed by atoms with Gasteiger partial charge in [-0.2, -0.15) is 4.83 Å². The molecule has 92 valence electrons. The van der Waals surface area contributed by atoms with E-state index in [1.807, 2.05) is 35.8 Å². The fraction of sp³-hybridized carbons (Fsp3) is 0.667. The second-order valence-electron chi connectivity index (χ2n) is 3.79. The number of nitrogens with two attached hydrogens (primary N) is 1. The van der Waals surface area contributed by atoms with Gasteiger partial charge in [0.1, 0.15) is 12.4 Å². The van der Waals surface area contributed by atoms with Crippen LogP contribution in [0.2, 0.25) is 0 Å². The Morgan fingerprint density at radius 3 is 2.69 bits per heavy atom. The zero-order valence-corrected chi connectivity index (χ0v) is 10.5. The molecule has 0 bridgehead atoms. The molecule has 0 saturated carbocycles. The highest BCUT2D eigenvalue weighted by atomic mass is 32.2. The predicted octanol–water partition coefficient (Wildman–Crippen LogP) is -0.806. The number of sulfonamides is 1. The molecule has 0 aliphatic heterocycles. The first-order valence-electron chi connectivity index (χ1n) is 5.18. The van der Waals surface area contributed by atoms with Crippen molar-refractivity contribution in [3.63, 3.8) is 0 Å². The summed E-state index contributed by atoms with van der Waals surface area (Å²) in [6.45, 7) is 2.85. The highest BCUT2D eigenvalue weighted by Crippen LogP contribution is 2.00. The predicted molar refractivity (Wildman–Crippen MR) is 60.7 cm³/mol. The van der Waals surface area contributed by atoms with Crippen LogP contribution in [0.3, 0.4) is 0 Å². The van der Waals surface area contributed by atoms with Crippen LogP contribution in [0.1, 0.15) is 18.7 Å². The third-order valence-electron chi connectivity index (χ3n) is 2.64. The lowest BCUT2D eigenvalue weighted by atomic mass is 10.3. The first kappa shape index (κ1) is 13.1. The van der Waals surface area contributed by atoms with Gasteiger partial charge in [0.15, 0.2) is 0 Å². The molecule has 0 radical (unpaired) electrons. The quantitative estimate of drug-likeness (QED) is 0.299. The number of hydrazine groups is 1. The Balaban J connectivity index is 2.34. The molecule has 0 atom stereocenters. The van der Waals surface area contributed by atoms with E-state index >= 15 is 0 Å². The van der Waals surface area contributed by atoms with Crippen LogP contribution < -0.4 is 15.2 Å². The molecule has 0 aromatic carbocycles. The number of hydrogen-bond donors (Lipinski definition) is 2. The second kappa shape index (κ2) is 5.42. The summed E-state index contributed by atoms with van der Waals surface area (Å²) in [5.41, 5.74) is 0. The van der Waals surface area contributed by atoms with E-state index in [-0.39, 0.29) is 5.75 Å². The summed E-state index contributed by atoms with van der Waals surface area (Å²) in [5.74, 6) is 6.11. The van der Waals surface area contributed by atoms with Gasteiger partial charge in [0, 0.05) is 6.92 Å². The normalized spacial score (nSPS) is 11.9. The molecule has 0 spiro atoms. The average molecular weight is 247 g/mol. The number of aryl methyl sites for hydroxylation is 2. The Bertz CT molecular complexity index is 438. The minimum Gasteiger partial charge on any atom is -0.258 e. The molecule has 1 aromatic heterocycles. The Labute approximate surface area is 96.1 Å². The van der Waals surface area contributed by atoms with Crippen LogP contribution in [-0.2, 0) is 23.6 Å². The lowest BCUT2D eigenvalue weighted by Gasteiger charge is -2.01. The van der Waals surface area contributed by atoms with E-state index in [9.17, 15) is 8.42 Å². The molecule has 0 unspecified atom stereocenters. The zero-order valence-electron chi connectivity index (χ0n) is 9.68. The smallest absolute Gasteiger partial charge is 0.253 e. The van der Waals surface area contributed by atoms with Gasteiger partial charge in [0.25, 0.3) is 5.82 Å². The Morgan fingerprint density at radius 1 is 1.50 bits per heavy atom. The van der Waals surface area contributed by atoms with Crippen molar-refractivity contribution in [3.8, 4) is 0 Å². The second-order valence-corrected chi connectivity index (χ2v) is 5.67. The maximum absolute atomic E-state index is 11.0. The summed E-state index contributed by atoms with van der Waals surface area (Å²) >= 11 is 0. The summed E-state index contributed by atoms with van der Waals surface area (Å²) in [6.07, 6.45) is 5.39. The van der Waals surface area contributed by atoms with Gasteiger partial charge < -0.3 is 0 Å². The summed E-state index contributed by atoms with van der Waals surface area (Å²) < 4.78 is 26.2. The van der Waals surface area contributed by atoms with E-state index in [2.05, 4.69) is 4.57 Å². The lowest BCUT2D eigenvalue weighted by Crippen LogP contribution is -2.32.